The molecule has 0 aromatic carbocycles. The molecule has 0 saturated carbocycles. The Morgan fingerprint density at radius 2 is 2.56 bits per heavy atom. The van der Waals surface area contributed by atoms with Crippen LogP contribution in [0.5, 0.6) is 0 Å². The molecule has 0 atom stereocenters. The molecule has 0 bridgehead atoms. The molecule has 1 aliphatic heterocycles. The number of nitrogen functional groups attached to an aromatic ring is 1. The maximum absolute atomic E-state index is 5.61. The van der Waals surface area contributed by atoms with E-state index in [4.69, 9.17) is 5.73 Å². The molecule has 0 fully saturated rings. The summed E-state index contributed by atoms with van der Waals surface area (Å²) in [6, 6.07) is 0. The van der Waals surface area contributed by atoms with Crippen LogP contribution in [0.15, 0.2) is 6.20 Å². The summed E-state index contributed by atoms with van der Waals surface area (Å²) >= 11 is 0. The normalized spacial score (nSPS) is 16.0. The van der Waals surface area contributed by atoms with Gasteiger partial charge in [-0.2, -0.15) is 5.10 Å². The number of rotatable bonds is 0. The average molecular weight is 123 g/mol. The molecule has 1 aromatic rings. The number of hydrogen-bond donors (Lipinski definition) is 1. The predicted molar refractivity (Wildman–Crippen MR) is 35.0 cm³/mol. The predicted octanol–water partition coefficient (Wildman–Crippen LogP) is 0.412. The third-order valence-corrected chi connectivity index (χ3v) is 1.76. The topological polar surface area (TPSA) is 43.8 Å². The molecule has 0 unspecified atom stereocenters. The zero-order valence-corrected chi connectivity index (χ0v) is 5.17. The first kappa shape index (κ1) is 4.85. The fraction of sp³-hybridized carbons (Fsp3) is 0.500. The van der Waals surface area contributed by atoms with Crippen molar-refractivity contribution in [1.82, 2.24) is 9.78 Å². The molecule has 3 heteroatoms. The molecule has 48 valence electrons. The summed E-state index contributed by atoms with van der Waals surface area (Å²) in [4.78, 5) is 0. The lowest BCUT2D eigenvalue weighted by atomic mass is 10.3. The first-order valence-corrected chi connectivity index (χ1v) is 3.18. The maximum atomic E-state index is 5.61. The second-order valence-electron chi connectivity index (χ2n) is 2.37. The molecule has 0 spiro atoms. The van der Waals surface area contributed by atoms with Gasteiger partial charge < -0.3 is 5.73 Å². The molecule has 0 aliphatic carbocycles. The molecule has 1 aromatic heterocycles. The standard InChI is InChI=1S/C6H9N3/c7-5-4-8-9-3-1-2-6(5)9/h4H,1-3,7H2. The van der Waals surface area contributed by atoms with Gasteiger partial charge in [-0.1, -0.05) is 0 Å². The van der Waals surface area contributed by atoms with Crippen molar-refractivity contribution in [2.75, 3.05) is 5.73 Å². The highest BCUT2D eigenvalue weighted by Gasteiger charge is 2.12. The van der Waals surface area contributed by atoms with E-state index in [0.717, 1.165) is 18.7 Å². The Morgan fingerprint density at radius 1 is 1.67 bits per heavy atom. The van der Waals surface area contributed by atoms with Gasteiger partial charge in [0.05, 0.1) is 17.6 Å². The molecule has 3 nitrogen and oxygen atoms in total. The summed E-state index contributed by atoms with van der Waals surface area (Å²) in [6.07, 6.45) is 4.04. The lowest BCUT2D eigenvalue weighted by molar-refractivity contribution is 0.656. The minimum atomic E-state index is 0.854. The largest absolute Gasteiger partial charge is 0.396 e. The number of fused-ring (bicyclic) bond motifs is 1. The van der Waals surface area contributed by atoms with Gasteiger partial charge >= 0.3 is 0 Å². The zero-order valence-electron chi connectivity index (χ0n) is 5.17. The number of nitrogens with two attached hydrogens (primary N) is 1. The number of hydrogen-bond acceptors (Lipinski definition) is 2. The quantitative estimate of drug-likeness (QED) is 0.543. The SMILES string of the molecule is Nc1cnn2c1CCC2. The van der Waals surface area contributed by atoms with Gasteiger partial charge in [-0.15, -0.1) is 0 Å². The van der Waals surface area contributed by atoms with Crippen LogP contribution in [-0.2, 0) is 13.0 Å². The third kappa shape index (κ3) is 0.542. The van der Waals surface area contributed by atoms with Crippen LogP contribution in [0, 0.1) is 0 Å². The van der Waals surface area contributed by atoms with Crippen LogP contribution >= 0.6 is 0 Å². The smallest absolute Gasteiger partial charge is 0.0733 e. The van der Waals surface area contributed by atoms with Crippen LogP contribution in [0.3, 0.4) is 0 Å². The van der Waals surface area contributed by atoms with E-state index in [-0.39, 0.29) is 0 Å². The van der Waals surface area contributed by atoms with Gasteiger partial charge in [0.2, 0.25) is 0 Å². The number of nitrogens with zero attached hydrogens (tertiary/aromatic N) is 2. The van der Waals surface area contributed by atoms with Gasteiger partial charge in [0, 0.05) is 6.54 Å². The van der Waals surface area contributed by atoms with E-state index in [9.17, 15) is 0 Å². The van der Waals surface area contributed by atoms with Crippen LogP contribution < -0.4 is 5.73 Å². The van der Waals surface area contributed by atoms with Gasteiger partial charge in [0.15, 0.2) is 0 Å². The van der Waals surface area contributed by atoms with E-state index < -0.39 is 0 Å². The van der Waals surface area contributed by atoms with E-state index in [1.54, 1.807) is 6.20 Å². The van der Waals surface area contributed by atoms with Crippen molar-refractivity contribution in [1.29, 1.82) is 0 Å². The molecule has 2 N–H and O–H groups in total. The van der Waals surface area contributed by atoms with Crippen LogP contribution in [-0.4, -0.2) is 9.78 Å². The summed E-state index contributed by atoms with van der Waals surface area (Å²) < 4.78 is 1.98. The minimum Gasteiger partial charge on any atom is -0.396 e. The highest BCUT2D eigenvalue weighted by molar-refractivity contribution is 5.41. The summed E-state index contributed by atoms with van der Waals surface area (Å²) in [6.45, 7) is 1.05. The highest BCUT2D eigenvalue weighted by Crippen LogP contribution is 2.18. The maximum Gasteiger partial charge on any atom is 0.0733 e. The van der Waals surface area contributed by atoms with Crippen molar-refractivity contribution in [3.8, 4) is 0 Å². The van der Waals surface area contributed by atoms with E-state index in [1.165, 1.54) is 12.1 Å². The second-order valence-corrected chi connectivity index (χ2v) is 2.37. The molecule has 9 heavy (non-hydrogen) atoms. The molecule has 0 amide bonds. The van der Waals surface area contributed by atoms with E-state index in [1.807, 2.05) is 4.68 Å². The summed E-state index contributed by atoms with van der Waals surface area (Å²) in [7, 11) is 0. The van der Waals surface area contributed by atoms with Crippen molar-refractivity contribution in [2.45, 2.75) is 19.4 Å². The van der Waals surface area contributed by atoms with Gasteiger partial charge in [-0.05, 0) is 12.8 Å². The molecular formula is C6H9N3. The number of aromatic nitrogens is 2. The van der Waals surface area contributed by atoms with Gasteiger partial charge in [0.1, 0.15) is 0 Å². The summed E-state index contributed by atoms with van der Waals surface area (Å²) in [5.74, 6) is 0. The van der Waals surface area contributed by atoms with E-state index in [2.05, 4.69) is 5.10 Å². The van der Waals surface area contributed by atoms with Crippen LogP contribution in [0.2, 0.25) is 0 Å². The third-order valence-electron chi connectivity index (χ3n) is 1.76. The monoisotopic (exact) mass is 123 g/mol. The van der Waals surface area contributed by atoms with Crippen LogP contribution in [0.25, 0.3) is 0 Å². The van der Waals surface area contributed by atoms with Crippen molar-refractivity contribution in [2.24, 2.45) is 0 Å². The highest BCUT2D eigenvalue weighted by atomic mass is 15.3. The Labute approximate surface area is 53.5 Å². The Kier molecular flexibility index (Phi) is 0.806. The van der Waals surface area contributed by atoms with Crippen molar-refractivity contribution in [3.63, 3.8) is 0 Å². The Bertz CT molecular complexity index is 226. The average Bonchev–Trinajstić information content (AvgIpc) is 2.35. The zero-order chi connectivity index (χ0) is 6.27. The summed E-state index contributed by atoms with van der Waals surface area (Å²) in [5.41, 5.74) is 7.68. The minimum absolute atomic E-state index is 0.854. The van der Waals surface area contributed by atoms with Gasteiger partial charge in [-0.3, -0.25) is 4.68 Å². The lowest BCUT2D eigenvalue weighted by Gasteiger charge is -1.90. The molecule has 0 radical (unpaired) electrons. The fourth-order valence-corrected chi connectivity index (χ4v) is 1.29. The number of anilines is 1. The molecule has 2 heterocycles. The lowest BCUT2D eigenvalue weighted by Crippen LogP contribution is -1.93. The van der Waals surface area contributed by atoms with Gasteiger partial charge in [-0.25, -0.2) is 0 Å². The van der Waals surface area contributed by atoms with Crippen molar-refractivity contribution >= 4 is 5.69 Å². The molecule has 2 rings (SSSR count). The van der Waals surface area contributed by atoms with E-state index >= 15 is 0 Å². The van der Waals surface area contributed by atoms with Crippen LogP contribution in [0.4, 0.5) is 5.69 Å². The molecular weight excluding hydrogens is 114 g/mol. The van der Waals surface area contributed by atoms with E-state index in [0.29, 0.717) is 0 Å². The first-order valence-electron chi connectivity index (χ1n) is 3.18. The summed E-state index contributed by atoms with van der Waals surface area (Å²) in [5, 5.41) is 4.09. The van der Waals surface area contributed by atoms with Gasteiger partial charge in [0.25, 0.3) is 0 Å². The Balaban J connectivity index is 2.56. The second kappa shape index (κ2) is 1.50. The fourth-order valence-electron chi connectivity index (χ4n) is 1.29. The first-order chi connectivity index (χ1) is 4.38. The van der Waals surface area contributed by atoms with Crippen molar-refractivity contribution in [3.05, 3.63) is 11.9 Å². The van der Waals surface area contributed by atoms with Crippen LogP contribution in [0.1, 0.15) is 12.1 Å². The molecule has 0 saturated heterocycles. The molecule has 1 aliphatic rings. The Hall–Kier alpha value is -0.990. The Morgan fingerprint density at radius 3 is 3.33 bits per heavy atom. The van der Waals surface area contributed by atoms with Crippen molar-refractivity contribution < 1.29 is 0 Å². The number of aryl methyl sites for hydroxylation is 1.